The summed E-state index contributed by atoms with van der Waals surface area (Å²) in [6, 6.07) is 25.1. The lowest BCUT2D eigenvalue weighted by atomic mass is 9.96. The van der Waals surface area contributed by atoms with Gasteiger partial charge in [0, 0.05) is 41.3 Å². The van der Waals surface area contributed by atoms with Crippen LogP contribution >= 0.6 is 7.14 Å². The molecule has 126 valence electrons. The normalized spacial score (nSPS) is 16.7. The van der Waals surface area contributed by atoms with Crippen molar-refractivity contribution in [1.82, 2.24) is 0 Å². The average Bonchev–Trinajstić information content (AvgIpc) is 2.70. The molecule has 3 nitrogen and oxygen atoms in total. The predicted octanol–water partition coefficient (Wildman–Crippen LogP) is 3.13. The SMILES string of the molecule is COC1(OC)c2ccccc2P(=O)(c2ccccc2)c2ccccc21. The quantitative estimate of drug-likeness (QED) is 0.538. The highest BCUT2D eigenvalue weighted by Gasteiger charge is 2.49. The number of rotatable bonds is 3. The first kappa shape index (κ1) is 16.3. The predicted molar refractivity (Wildman–Crippen MR) is 101 cm³/mol. The van der Waals surface area contributed by atoms with Gasteiger partial charge < -0.3 is 14.0 Å². The third-order valence-electron chi connectivity index (χ3n) is 4.89. The largest absolute Gasteiger partial charge is 0.346 e. The summed E-state index contributed by atoms with van der Waals surface area (Å²) in [5.41, 5.74) is 1.59. The Hall–Kier alpha value is -2.19. The molecule has 4 heteroatoms. The Morgan fingerprint density at radius 3 is 1.60 bits per heavy atom. The molecule has 0 aromatic heterocycles. The van der Waals surface area contributed by atoms with Crippen LogP contribution in [0.15, 0.2) is 78.9 Å². The van der Waals surface area contributed by atoms with Crippen LogP contribution in [-0.4, -0.2) is 14.2 Å². The first-order valence-electron chi connectivity index (χ1n) is 8.14. The lowest BCUT2D eigenvalue weighted by Gasteiger charge is -2.41. The minimum atomic E-state index is -3.01. The fraction of sp³-hybridized carbons (Fsp3) is 0.143. The van der Waals surface area contributed by atoms with Crippen LogP contribution in [0.1, 0.15) is 11.1 Å². The van der Waals surface area contributed by atoms with Gasteiger partial charge in [0.05, 0.1) is 0 Å². The molecule has 0 N–H and O–H groups in total. The van der Waals surface area contributed by atoms with E-state index in [0.717, 1.165) is 27.0 Å². The molecule has 3 aromatic carbocycles. The van der Waals surface area contributed by atoms with E-state index in [1.807, 2.05) is 78.9 Å². The van der Waals surface area contributed by atoms with Gasteiger partial charge in [0.25, 0.3) is 0 Å². The minimum Gasteiger partial charge on any atom is -0.346 e. The van der Waals surface area contributed by atoms with E-state index < -0.39 is 12.9 Å². The zero-order valence-electron chi connectivity index (χ0n) is 14.2. The van der Waals surface area contributed by atoms with Crippen molar-refractivity contribution in [3.8, 4) is 0 Å². The molecule has 0 unspecified atom stereocenters. The van der Waals surface area contributed by atoms with Gasteiger partial charge in [-0.2, -0.15) is 0 Å². The topological polar surface area (TPSA) is 35.5 Å². The van der Waals surface area contributed by atoms with Gasteiger partial charge in [-0.1, -0.05) is 78.9 Å². The molecule has 0 aliphatic carbocycles. The number of ether oxygens (including phenoxy) is 2. The summed E-state index contributed by atoms with van der Waals surface area (Å²) in [5, 5.41) is 2.35. The maximum atomic E-state index is 14.5. The molecule has 25 heavy (non-hydrogen) atoms. The fourth-order valence-electron chi connectivity index (χ4n) is 3.77. The second-order valence-electron chi connectivity index (χ2n) is 6.00. The lowest BCUT2D eigenvalue weighted by Crippen LogP contribution is -2.47. The zero-order valence-corrected chi connectivity index (χ0v) is 15.1. The van der Waals surface area contributed by atoms with Crippen molar-refractivity contribution in [3.05, 3.63) is 90.0 Å². The fourth-order valence-corrected chi connectivity index (χ4v) is 6.89. The lowest BCUT2D eigenvalue weighted by molar-refractivity contribution is -0.182. The molecule has 1 aliphatic rings. The first-order chi connectivity index (χ1) is 12.2. The van der Waals surface area contributed by atoms with E-state index in [-0.39, 0.29) is 0 Å². The highest BCUT2D eigenvalue weighted by molar-refractivity contribution is 7.85. The Kier molecular flexibility index (Phi) is 3.88. The Bertz CT molecular complexity index is 908. The molecule has 0 atom stereocenters. The van der Waals surface area contributed by atoms with Crippen LogP contribution in [0.4, 0.5) is 0 Å². The number of fused-ring (bicyclic) bond motifs is 2. The van der Waals surface area contributed by atoms with Gasteiger partial charge in [0.1, 0.15) is 0 Å². The summed E-state index contributed by atoms with van der Waals surface area (Å²) in [4.78, 5) is 0. The van der Waals surface area contributed by atoms with E-state index in [9.17, 15) is 4.57 Å². The maximum absolute atomic E-state index is 14.5. The molecule has 0 amide bonds. The van der Waals surface area contributed by atoms with Crippen molar-refractivity contribution in [2.24, 2.45) is 0 Å². The second-order valence-corrected chi connectivity index (χ2v) is 8.70. The Morgan fingerprint density at radius 1 is 0.680 bits per heavy atom. The van der Waals surface area contributed by atoms with E-state index in [0.29, 0.717) is 0 Å². The molecule has 0 bridgehead atoms. The molecule has 4 rings (SSSR count). The number of methoxy groups -OCH3 is 2. The van der Waals surface area contributed by atoms with E-state index >= 15 is 0 Å². The van der Waals surface area contributed by atoms with E-state index in [2.05, 4.69) is 0 Å². The molecule has 0 fully saturated rings. The number of benzene rings is 3. The standard InChI is InChI=1S/C21H19O3P/c1-23-21(24-2)17-12-6-8-14-19(17)25(22,16-10-4-3-5-11-16)20-15-9-7-13-18(20)21/h3-15H,1-2H3. The summed E-state index contributed by atoms with van der Waals surface area (Å²) in [6.45, 7) is 0. The summed E-state index contributed by atoms with van der Waals surface area (Å²) in [7, 11) is 0.230. The van der Waals surface area contributed by atoms with Crippen LogP contribution < -0.4 is 15.9 Å². The molecule has 0 radical (unpaired) electrons. The van der Waals surface area contributed by atoms with Gasteiger partial charge >= 0.3 is 0 Å². The van der Waals surface area contributed by atoms with Gasteiger partial charge in [-0.15, -0.1) is 0 Å². The molecule has 1 heterocycles. The van der Waals surface area contributed by atoms with Gasteiger partial charge in [0.15, 0.2) is 7.14 Å². The summed E-state index contributed by atoms with van der Waals surface area (Å²) >= 11 is 0. The summed E-state index contributed by atoms with van der Waals surface area (Å²) in [6.07, 6.45) is 0. The Morgan fingerprint density at radius 2 is 1.12 bits per heavy atom. The molecule has 1 aliphatic heterocycles. The third-order valence-corrected chi connectivity index (χ3v) is 8.05. The van der Waals surface area contributed by atoms with Gasteiger partial charge in [0.2, 0.25) is 5.79 Å². The van der Waals surface area contributed by atoms with E-state index in [1.54, 1.807) is 14.2 Å². The van der Waals surface area contributed by atoms with Crippen molar-refractivity contribution in [3.63, 3.8) is 0 Å². The van der Waals surface area contributed by atoms with E-state index in [1.165, 1.54) is 0 Å². The molecule has 0 saturated heterocycles. The van der Waals surface area contributed by atoms with Crippen LogP contribution in [-0.2, 0) is 19.8 Å². The summed E-state index contributed by atoms with van der Waals surface area (Å²) < 4.78 is 26.2. The minimum absolute atomic E-state index is 0.767. The number of hydrogen-bond donors (Lipinski definition) is 0. The molecule has 0 spiro atoms. The summed E-state index contributed by atoms with van der Waals surface area (Å²) in [5.74, 6) is -1.06. The monoisotopic (exact) mass is 350 g/mol. The highest BCUT2D eigenvalue weighted by atomic mass is 31.2. The van der Waals surface area contributed by atoms with Crippen LogP contribution in [0.3, 0.4) is 0 Å². The van der Waals surface area contributed by atoms with E-state index in [4.69, 9.17) is 9.47 Å². The smallest absolute Gasteiger partial charge is 0.223 e. The van der Waals surface area contributed by atoms with Crippen molar-refractivity contribution in [2.45, 2.75) is 5.79 Å². The zero-order chi connectivity index (χ0) is 17.5. The Balaban J connectivity index is 2.16. The van der Waals surface area contributed by atoms with Crippen LogP contribution in [0.5, 0.6) is 0 Å². The molecular weight excluding hydrogens is 331 g/mol. The van der Waals surface area contributed by atoms with Crippen LogP contribution in [0.25, 0.3) is 0 Å². The van der Waals surface area contributed by atoms with Crippen molar-refractivity contribution in [2.75, 3.05) is 14.2 Å². The highest BCUT2D eigenvalue weighted by Crippen LogP contribution is 2.52. The van der Waals surface area contributed by atoms with Crippen molar-refractivity contribution in [1.29, 1.82) is 0 Å². The van der Waals surface area contributed by atoms with Crippen LogP contribution in [0.2, 0.25) is 0 Å². The third kappa shape index (κ3) is 2.10. The second kappa shape index (κ2) is 5.96. The number of hydrogen-bond acceptors (Lipinski definition) is 3. The molecular formula is C21H19O3P. The van der Waals surface area contributed by atoms with Crippen molar-refractivity contribution < 1.29 is 14.0 Å². The van der Waals surface area contributed by atoms with Crippen molar-refractivity contribution >= 4 is 23.1 Å². The average molecular weight is 350 g/mol. The Labute approximate surface area is 147 Å². The van der Waals surface area contributed by atoms with Gasteiger partial charge in [-0.25, -0.2) is 0 Å². The first-order valence-corrected chi connectivity index (χ1v) is 9.85. The molecule has 0 saturated carbocycles. The van der Waals surface area contributed by atoms with Gasteiger partial charge in [-0.05, 0) is 0 Å². The maximum Gasteiger partial charge on any atom is 0.223 e. The van der Waals surface area contributed by atoms with Gasteiger partial charge in [-0.3, -0.25) is 0 Å². The van der Waals surface area contributed by atoms with Crippen LogP contribution in [0, 0.1) is 0 Å². The molecule has 3 aromatic rings.